The number of carboxylic acids is 1. The lowest BCUT2D eigenvalue weighted by Gasteiger charge is -2.12. The molecule has 2 rings (SSSR count). The zero-order valence-corrected chi connectivity index (χ0v) is 12.6. The molecule has 21 heavy (non-hydrogen) atoms. The van der Waals surface area contributed by atoms with Crippen LogP contribution >= 0.6 is 11.6 Å². The summed E-state index contributed by atoms with van der Waals surface area (Å²) in [6, 6.07) is 8.48. The van der Waals surface area contributed by atoms with Gasteiger partial charge < -0.3 is 15.6 Å². The average Bonchev–Trinajstić information content (AvgIpc) is 2.44. The number of benzene rings is 2. The van der Waals surface area contributed by atoms with Crippen molar-refractivity contribution in [2.45, 2.75) is 20.3 Å². The fraction of sp³-hybridized carbons (Fsp3) is 0.188. The third kappa shape index (κ3) is 3.28. The van der Waals surface area contributed by atoms with Crippen LogP contribution in [0.1, 0.15) is 28.4 Å². The Kier molecular flexibility index (Phi) is 4.38. The third-order valence-corrected chi connectivity index (χ3v) is 3.59. The van der Waals surface area contributed by atoms with Crippen LogP contribution in [0.3, 0.4) is 0 Å². The van der Waals surface area contributed by atoms with Gasteiger partial charge in [-0.3, -0.25) is 0 Å². The Morgan fingerprint density at radius 1 is 1.29 bits per heavy atom. The summed E-state index contributed by atoms with van der Waals surface area (Å²) in [4.78, 5) is 11.2. The van der Waals surface area contributed by atoms with Crippen molar-refractivity contribution in [1.29, 1.82) is 0 Å². The van der Waals surface area contributed by atoms with Gasteiger partial charge in [-0.1, -0.05) is 18.5 Å². The lowest BCUT2D eigenvalue weighted by molar-refractivity contribution is 0.0697. The van der Waals surface area contributed by atoms with E-state index >= 15 is 0 Å². The molecule has 0 amide bonds. The fourth-order valence-corrected chi connectivity index (χ4v) is 2.27. The Bertz CT molecular complexity index is 698. The number of anilines is 1. The maximum Gasteiger partial charge on any atom is 0.337 e. The fourth-order valence-electron chi connectivity index (χ4n) is 2.02. The number of ether oxygens (including phenoxy) is 1. The Morgan fingerprint density at radius 2 is 2.00 bits per heavy atom. The number of carbonyl (C=O) groups is 1. The molecule has 0 aliphatic heterocycles. The van der Waals surface area contributed by atoms with Crippen LogP contribution in [-0.4, -0.2) is 11.1 Å². The molecule has 0 heterocycles. The summed E-state index contributed by atoms with van der Waals surface area (Å²) in [6.07, 6.45) is 0.789. The Labute approximate surface area is 128 Å². The molecule has 110 valence electrons. The number of nitrogens with two attached hydrogens (primary N) is 1. The smallest absolute Gasteiger partial charge is 0.337 e. The van der Waals surface area contributed by atoms with Gasteiger partial charge in [0.25, 0.3) is 0 Å². The summed E-state index contributed by atoms with van der Waals surface area (Å²) in [5, 5.41) is 9.83. The second-order valence-corrected chi connectivity index (χ2v) is 5.12. The van der Waals surface area contributed by atoms with E-state index in [0.717, 1.165) is 12.0 Å². The molecule has 5 heteroatoms. The van der Waals surface area contributed by atoms with Crippen molar-refractivity contribution in [2.24, 2.45) is 0 Å². The molecule has 4 nitrogen and oxygen atoms in total. The molecule has 0 aliphatic carbocycles. The highest BCUT2D eigenvalue weighted by Gasteiger charge is 2.13. The number of halogens is 1. The van der Waals surface area contributed by atoms with E-state index in [0.29, 0.717) is 22.1 Å². The molecular weight excluding hydrogens is 290 g/mol. The van der Waals surface area contributed by atoms with Crippen molar-refractivity contribution in [3.05, 3.63) is 52.0 Å². The van der Waals surface area contributed by atoms with Gasteiger partial charge in [0.1, 0.15) is 11.5 Å². The summed E-state index contributed by atoms with van der Waals surface area (Å²) in [7, 11) is 0. The van der Waals surface area contributed by atoms with Gasteiger partial charge in [-0.15, -0.1) is 0 Å². The SMILES string of the molecule is CCc1cc(Oc2cc(C)c(N)c(C(=O)O)c2)ccc1Cl. The standard InChI is InChI=1S/C16H16ClNO3/c1-3-10-7-11(4-5-14(10)17)21-12-6-9(2)15(18)13(8-12)16(19)20/h4-8H,3,18H2,1-2H3,(H,19,20). The van der Waals surface area contributed by atoms with Gasteiger partial charge in [-0.2, -0.15) is 0 Å². The Morgan fingerprint density at radius 3 is 2.62 bits per heavy atom. The van der Waals surface area contributed by atoms with Crippen molar-refractivity contribution in [1.82, 2.24) is 0 Å². The molecule has 0 fully saturated rings. The Balaban J connectivity index is 2.38. The molecular formula is C16H16ClNO3. The first-order chi connectivity index (χ1) is 9.92. The lowest BCUT2D eigenvalue weighted by Crippen LogP contribution is -2.04. The molecule has 0 saturated carbocycles. The molecule has 0 unspecified atom stereocenters. The van der Waals surface area contributed by atoms with Crippen molar-refractivity contribution < 1.29 is 14.6 Å². The minimum atomic E-state index is -1.08. The minimum Gasteiger partial charge on any atom is -0.478 e. The zero-order valence-electron chi connectivity index (χ0n) is 11.8. The number of aromatic carboxylic acids is 1. The molecule has 3 N–H and O–H groups in total. The van der Waals surface area contributed by atoms with Gasteiger partial charge in [0.2, 0.25) is 0 Å². The van der Waals surface area contributed by atoms with E-state index < -0.39 is 5.97 Å². The van der Waals surface area contributed by atoms with Crippen LogP contribution in [0.2, 0.25) is 5.02 Å². The summed E-state index contributed by atoms with van der Waals surface area (Å²) in [5.74, 6) is -0.0355. The number of hydrogen-bond acceptors (Lipinski definition) is 3. The predicted octanol–water partition coefficient (Wildman–Crippen LogP) is 4.28. The number of hydrogen-bond donors (Lipinski definition) is 2. The largest absolute Gasteiger partial charge is 0.478 e. The van der Waals surface area contributed by atoms with Gasteiger partial charge in [0.15, 0.2) is 0 Å². The van der Waals surface area contributed by atoms with Crippen LogP contribution in [-0.2, 0) is 6.42 Å². The highest BCUT2D eigenvalue weighted by Crippen LogP contribution is 2.30. The molecule has 2 aromatic carbocycles. The molecule has 0 aliphatic rings. The van der Waals surface area contributed by atoms with E-state index in [9.17, 15) is 4.79 Å². The predicted molar refractivity (Wildman–Crippen MR) is 83.5 cm³/mol. The first-order valence-electron chi connectivity index (χ1n) is 6.52. The number of aryl methyl sites for hydroxylation is 2. The quantitative estimate of drug-likeness (QED) is 0.827. The van der Waals surface area contributed by atoms with Gasteiger partial charge >= 0.3 is 5.97 Å². The van der Waals surface area contributed by atoms with E-state index in [2.05, 4.69) is 0 Å². The minimum absolute atomic E-state index is 0.0367. The topological polar surface area (TPSA) is 72.5 Å². The van der Waals surface area contributed by atoms with Gasteiger partial charge in [0, 0.05) is 10.7 Å². The summed E-state index contributed by atoms with van der Waals surface area (Å²) in [5.41, 5.74) is 7.68. The van der Waals surface area contributed by atoms with E-state index in [1.54, 1.807) is 25.1 Å². The monoisotopic (exact) mass is 305 g/mol. The number of nitrogen functional groups attached to an aromatic ring is 1. The lowest BCUT2D eigenvalue weighted by atomic mass is 10.1. The van der Waals surface area contributed by atoms with E-state index in [1.165, 1.54) is 6.07 Å². The maximum absolute atomic E-state index is 11.2. The van der Waals surface area contributed by atoms with Crippen LogP contribution in [0.15, 0.2) is 30.3 Å². The van der Waals surface area contributed by atoms with Gasteiger partial charge in [0.05, 0.1) is 5.56 Å². The van der Waals surface area contributed by atoms with E-state index in [4.69, 9.17) is 27.2 Å². The molecule has 0 spiro atoms. The summed E-state index contributed by atoms with van der Waals surface area (Å²) in [6.45, 7) is 3.74. The molecule has 0 atom stereocenters. The van der Waals surface area contributed by atoms with E-state index in [1.807, 2.05) is 13.0 Å². The molecule has 0 saturated heterocycles. The molecule has 0 aromatic heterocycles. The van der Waals surface area contributed by atoms with Crippen LogP contribution in [0.4, 0.5) is 5.69 Å². The van der Waals surface area contributed by atoms with E-state index in [-0.39, 0.29) is 11.3 Å². The maximum atomic E-state index is 11.2. The number of carboxylic acid groups (broad SMARTS) is 1. The van der Waals surface area contributed by atoms with Crippen molar-refractivity contribution in [3.63, 3.8) is 0 Å². The first kappa shape index (κ1) is 15.2. The highest BCUT2D eigenvalue weighted by molar-refractivity contribution is 6.31. The molecule has 2 aromatic rings. The van der Waals surface area contributed by atoms with Crippen molar-refractivity contribution >= 4 is 23.3 Å². The molecule has 0 bridgehead atoms. The van der Waals surface area contributed by atoms with Crippen molar-refractivity contribution in [2.75, 3.05) is 5.73 Å². The first-order valence-corrected chi connectivity index (χ1v) is 6.89. The van der Waals surface area contributed by atoms with Crippen LogP contribution < -0.4 is 10.5 Å². The number of rotatable bonds is 4. The van der Waals surface area contributed by atoms with Gasteiger partial charge in [-0.25, -0.2) is 4.79 Å². The highest BCUT2D eigenvalue weighted by atomic mass is 35.5. The third-order valence-electron chi connectivity index (χ3n) is 3.22. The average molecular weight is 306 g/mol. The Hall–Kier alpha value is -2.20. The van der Waals surface area contributed by atoms with Crippen molar-refractivity contribution in [3.8, 4) is 11.5 Å². The summed E-state index contributed by atoms with van der Waals surface area (Å²) < 4.78 is 5.72. The second kappa shape index (κ2) is 6.06. The molecule has 0 radical (unpaired) electrons. The van der Waals surface area contributed by atoms with Crippen LogP contribution in [0, 0.1) is 6.92 Å². The van der Waals surface area contributed by atoms with Crippen LogP contribution in [0.25, 0.3) is 0 Å². The van der Waals surface area contributed by atoms with Crippen LogP contribution in [0.5, 0.6) is 11.5 Å². The second-order valence-electron chi connectivity index (χ2n) is 4.72. The normalized spacial score (nSPS) is 10.4. The van der Waals surface area contributed by atoms with Gasteiger partial charge in [-0.05, 0) is 54.8 Å². The zero-order chi connectivity index (χ0) is 15.6. The summed E-state index contributed by atoms with van der Waals surface area (Å²) >= 11 is 6.06.